The van der Waals surface area contributed by atoms with Gasteiger partial charge < -0.3 is 9.84 Å². The van der Waals surface area contributed by atoms with Gasteiger partial charge >= 0.3 is 5.97 Å². The zero-order valence-corrected chi connectivity index (χ0v) is 12.4. The molecule has 0 amide bonds. The molecule has 0 spiro atoms. The summed E-state index contributed by atoms with van der Waals surface area (Å²) in [5, 5.41) is 12.2. The summed E-state index contributed by atoms with van der Waals surface area (Å²) >= 11 is 0. The fourth-order valence-electron chi connectivity index (χ4n) is 2.16. The summed E-state index contributed by atoms with van der Waals surface area (Å²) in [5.74, 6) is -0.756. The van der Waals surface area contributed by atoms with E-state index in [9.17, 15) is 14.7 Å². The minimum Gasteiger partial charge on any atom is -0.494 e. The van der Waals surface area contributed by atoms with Crippen molar-refractivity contribution in [2.75, 3.05) is 7.11 Å². The van der Waals surface area contributed by atoms with E-state index in [1.807, 2.05) is 20.8 Å². The fraction of sp³-hybridized carbons (Fsp3) is 0.333. The molecule has 2 rings (SSSR count). The van der Waals surface area contributed by atoms with Gasteiger partial charge in [-0.3, -0.25) is 9.89 Å². The second-order valence-corrected chi connectivity index (χ2v) is 5.73. The Morgan fingerprint density at radius 1 is 1.29 bits per heavy atom. The molecular formula is C15H18N2O4. The average molecular weight is 290 g/mol. The summed E-state index contributed by atoms with van der Waals surface area (Å²) in [5.41, 5.74) is -0.487. The highest BCUT2D eigenvalue weighted by Gasteiger charge is 2.29. The summed E-state index contributed by atoms with van der Waals surface area (Å²) in [7, 11) is 1.50. The van der Waals surface area contributed by atoms with Crippen molar-refractivity contribution in [1.82, 2.24) is 9.78 Å². The minimum absolute atomic E-state index is 0.242. The van der Waals surface area contributed by atoms with Crippen LogP contribution in [0.2, 0.25) is 0 Å². The molecule has 0 unspecified atom stereocenters. The number of ether oxygens (including phenoxy) is 1. The molecule has 0 fully saturated rings. The molecule has 0 bridgehead atoms. The number of hydrogen-bond donors (Lipinski definition) is 2. The van der Waals surface area contributed by atoms with Crippen LogP contribution in [0, 0.1) is 0 Å². The predicted octanol–water partition coefficient (Wildman–Crippen LogP) is 2.17. The van der Waals surface area contributed by atoms with Crippen LogP contribution in [0.5, 0.6) is 5.75 Å². The van der Waals surface area contributed by atoms with E-state index in [1.165, 1.54) is 11.8 Å². The molecule has 0 aliphatic heterocycles. The third-order valence-electron chi connectivity index (χ3n) is 3.18. The Morgan fingerprint density at radius 2 is 1.90 bits per heavy atom. The van der Waals surface area contributed by atoms with E-state index in [1.54, 1.807) is 24.3 Å². The van der Waals surface area contributed by atoms with Gasteiger partial charge in [-0.05, 0) is 12.1 Å². The lowest BCUT2D eigenvalue weighted by Crippen LogP contribution is -2.22. The van der Waals surface area contributed by atoms with Crippen LogP contribution in [0.15, 0.2) is 29.1 Å². The highest BCUT2D eigenvalue weighted by molar-refractivity contribution is 5.89. The number of methoxy groups -OCH3 is 1. The average Bonchev–Trinajstić information content (AvgIpc) is 2.76. The van der Waals surface area contributed by atoms with Gasteiger partial charge in [0.25, 0.3) is 5.56 Å². The number of carboxylic acids is 1. The SMILES string of the molecule is COc1ccccc1-n1[nH]c(C(C)(C)C)c(C(=O)O)c1=O. The highest BCUT2D eigenvalue weighted by atomic mass is 16.5. The fourth-order valence-corrected chi connectivity index (χ4v) is 2.16. The number of H-pyrrole nitrogens is 1. The Kier molecular flexibility index (Phi) is 3.63. The van der Waals surface area contributed by atoms with Gasteiger partial charge in [-0.2, -0.15) is 0 Å². The zero-order chi connectivity index (χ0) is 15.8. The van der Waals surface area contributed by atoms with Gasteiger partial charge in [0.05, 0.1) is 12.8 Å². The van der Waals surface area contributed by atoms with E-state index in [-0.39, 0.29) is 5.56 Å². The Bertz CT molecular complexity index is 735. The van der Waals surface area contributed by atoms with Crippen LogP contribution < -0.4 is 10.3 Å². The third-order valence-corrected chi connectivity index (χ3v) is 3.18. The van der Waals surface area contributed by atoms with Crippen LogP contribution in [0.1, 0.15) is 36.8 Å². The molecule has 6 heteroatoms. The van der Waals surface area contributed by atoms with Crippen molar-refractivity contribution in [3.05, 3.63) is 45.9 Å². The lowest BCUT2D eigenvalue weighted by Gasteiger charge is -2.17. The van der Waals surface area contributed by atoms with Gasteiger partial charge in [0.1, 0.15) is 17.0 Å². The van der Waals surface area contributed by atoms with Crippen molar-refractivity contribution in [2.45, 2.75) is 26.2 Å². The van der Waals surface area contributed by atoms with Crippen LogP contribution in [-0.4, -0.2) is 28.0 Å². The van der Waals surface area contributed by atoms with Crippen LogP contribution in [0.3, 0.4) is 0 Å². The maximum atomic E-state index is 12.4. The largest absolute Gasteiger partial charge is 0.494 e. The number of carboxylic acid groups (broad SMARTS) is 1. The number of aromatic carboxylic acids is 1. The number of nitrogens with zero attached hydrogens (tertiary/aromatic N) is 1. The van der Waals surface area contributed by atoms with Crippen molar-refractivity contribution in [3.63, 3.8) is 0 Å². The van der Waals surface area contributed by atoms with Crippen LogP contribution in [0.25, 0.3) is 5.69 Å². The maximum absolute atomic E-state index is 12.4. The first-order valence-electron chi connectivity index (χ1n) is 6.49. The van der Waals surface area contributed by atoms with E-state index >= 15 is 0 Å². The molecule has 1 heterocycles. The highest BCUT2D eigenvalue weighted by Crippen LogP contribution is 2.25. The van der Waals surface area contributed by atoms with Gasteiger partial charge in [-0.15, -0.1) is 0 Å². The number of hydrogen-bond acceptors (Lipinski definition) is 3. The Hall–Kier alpha value is -2.50. The summed E-state index contributed by atoms with van der Waals surface area (Å²) < 4.78 is 6.43. The van der Waals surface area contributed by atoms with Crippen molar-refractivity contribution < 1.29 is 14.6 Å². The van der Waals surface area contributed by atoms with Gasteiger partial charge in [-0.25, -0.2) is 9.48 Å². The first-order valence-corrected chi connectivity index (χ1v) is 6.49. The summed E-state index contributed by atoms with van der Waals surface area (Å²) in [4.78, 5) is 23.9. The lowest BCUT2D eigenvalue weighted by molar-refractivity contribution is 0.0692. The van der Waals surface area contributed by atoms with Crippen molar-refractivity contribution in [1.29, 1.82) is 0 Å². The molecule has 0 saturated carbocycles. The molecule has 21 heavy (non-hydrogen) atoms. The second kappa shape index (κ2) is 5.12. The number of nitrogens with one attached hydrogen (secondary N) is 1. The summed E-state index contributed by atoms with van der Waals surface area (Å²) in [6.07, 6.45) is 0. The lowest BCUT2D eigenvalue weighted by atomic mass is 9.89. The monoisotopic (exact) mass is 290 g/mol. The number of rotatable bonds is 3. The normalized spacial score (nSPS) is 11.4. The molecule has 0 saturated heterocycles. The number of aromatic amines is 1. The molecule has 0 atom stereocenters. The molecule has 6 nitrogen and oxygen atoms in total. The van der Waals surface area contributed by atoms with Gasteiger partial charge in [0.2, 0.25) is 0 Å². The number of para-hydroxylation sites is 2. The molecule has 0 radical (unpaired) electrons. The van der Waals surface area contributed by atoms with Crippen molar-refractivity contribution in [2.24, 2.45) is 0 Å². The number of carbonyl (C=O) groups is 1. The third kappa shape index (κ3) is 2.56. The number of benzene rings is 1. The summed E-state index contributed by atoms with van der Waals surface area (Å²) in [6, 6.07) is 6.93. The van der Waals surface area contributed by atoms with Gasteiger partial charge in [0, 0.05) is 5.41 Å². The predicted molar refractivity (Wildman–Crippen MR) is 78.6 cm³/mol. The minimum atomic E-state index is -1.24. The summed E-state index contributed by atoms with van der Waals surface area (Å²) in [6.45, 7) is 5.53. The van der Waals surface area contributed by atoms with E-state index < -0.39 is 16.9 Å². The quantitative estimate of drug-likeness (QED) is 0.907. The van der Waals surface area contributed by atoms with Crippen molar-refractivity contribution in [3.8, 4) is 11.4 Å². The van der Waals surface area contributed by atoms with Crippen LogP contribution >= 0.6 is 0 Å². The smallest absolute Gasteiger partial charge is 0.343 e. The first-order chi connectivity index (χ1) is 9.77. The van der Waals surface area contributed by atoms with Gasteiger partial charge in [-0.1, -0.05) is 32.9 Å². The Balaban J connectivity index is 2.78. The van der Waals surface area contributed by atoms with E-state index in [4.69, 9.17) is 4.74 Å². The molecule has 112 valence electrons. The van der Waals surface area contributed by atoms with E-state index in [2.05, 4.69) is 5.10 Å². The maximum Gasteiger partial charge on any atom is 0.343 e. The van der Waals surface area contributed by atoms with Crippen LogP contribution in [0.4, 0.5) is 0 Å². The van der Waals surface area contributed by atoms with E-state index in [0.29, 0.717) is 17.1 Å². The van der Waals surface area contributed by atoms with Crippen LogP contribution in [-0.2, 0) is 5.41 Å². The van der Waals surface area contributed by atoms with Crippen molar-refractivity contribution >= 4 is 5.97 Å². The standard InChI is InChI=1S/C15H18N2O4/c1-15(2,3)12-11(14(19)20)13(18)17(16-12)9-7-5-6-8-10(9)21-4/h5-8,16H,1-4H3,(H,19,20). The zero-order valence-electron chi connectivity index (χ0n) is 12.4. The molecule has 1 aromatic carbocycles. The Morgan fingerprint density at radius 3 is 2.38 bits per heavy atom. The number of aromatic nitrogens is 2. The second-order valence-electron chi connectivity index (χ2n) is 5.73. The first kappa shape index (κ1) is 14.9. The van der Waals surface area contributed by atoms with E-state index in [0.717, 1.165) is 0 Å². The molecule has 2 aromatic rings. The van der Waals surface area contributed by atoms with Gasteiger partial charge in [0.15, 0.2) is 0 Å². The topological polar surface area (TPSA) is 84.3 Å². The molecule has 2 N–H and O–H groups in total. The molecule has 1 aromatic heterocycles. The molecule has 0 aliphatic carbocycles. The Labute approximate surface area is 122 Å². The molecule has 0 aliphatic rings. The molecular weight excluding hydrogens is 272 g/mol.